The summed E-state index contributed by atoms with van der Waals surface area (Å²) >= 11 is 0. The summed E-state index contributed by atoms with van der Waals surface area (Å²) in [4.78, 5) is 12.4. The number of carbonyl (C=O) groups excluding carboxylic acids is 1. The van der Waals surface area contributed by atoms with Crippen LogP contribution >= 0.6 is 12.4 Å². The molecule has 2 rings (SSSR count). The number of hydrogen-bond acceptors (Lipinski definition) is 5. The van der Waals surface area contributed by atoms with Crippen LogP contribution in [-0.2, 0) is 14.8 Å². The molecule has 3 N–H and O–H groups in total. The number of hydrogen-bond donors (Lipinski definition) is 2. The van der Waals surface area contributed by atoms with Crippen LogP contribution in [0.4, 0.5) is 0 Å². The molecule has 0 bridgehead atoms. The summed E-state index contributed by atoms with van der Waals surface area (Å²) in [5, 5.41) is 2.76. The standard InChI is InChI=1S/C16H25N3O4S.ClH/c1-12-3-4-14(16(20)18-6-5-13(2)17)11-15(12)24(21,22)19-7-9-23-10-8-19;/h3-4,11,13H,5-10,17H2,1-2H3,(H,18,20);1H. The molecule has 1 saturated heterocycles. The van der Waals surface area contributed by atoms with Gasteiger partial charge in [0.05, 0.1) is 18.1 Å². The van der Waals surface area contributed by atoms with Crippen LogP contribution in [-0.4, -0.2) is 57.5 Å². The Morgan fingerprint density at radius 3 is 2.60 bits per heavy atom. The number of nitrogens with two attached hydrogens (primary N) is 1. The van der Waals surface area contributed by atoms with Crippen LogP contribution in [0.25, 0.3) is 0 Å². The predicted molar refractivity (Wildman–Crippen MR) is 98.6 cm³/mol. The molecular formula is C16H26ClN3O4S. The molecule has 1 aromatic carbocycles. The number of sulfonamides is 1. The fraction of sp³-hybridized carbons (Fsp3) is 0.562. The number of benzene rings is 1. The highest BCUT2D eigenvalue weighted by atomic mass is 35.5. The maximum absolute atomic E-state index is 12.8. The lowest BCUT2D eigenvalue weighted by molar-refractivity contribution is 0.0730. The molecule has 1 fully saturated rings. The largest absolute Gasteiger partial charge is 0.379 e. The van der Waals surface area contributed by atoms with Gasteiger partial charge in [-0.05, 0) is 38.0 Å². The smallest absolute Gasteiger partial charge is 0.251 e. The Kier molecular flexibility index (Phi) is 8.30. The molecule has 1 aliphatic rings. The lowest BCUT2D eigenvalue weighted by Gasteiger charge is -2.26. The minimum Gasteiger partial charge on any atom is -0.379 e. The van der Waals surface area contributed by atoms with Gasteiger partial charge in [0.2, 0.25) is 10.0 Å². The molecule has 25 heavy (non-hydrogen) atoms. The van der Waals surface area contributed by atoms with E-state index in [0.29, 0.717) is 50.4 Å². The van der Waals surface area contributed by atoms with Gasteiger partial charge in [0.15, 0.2) is 0 Å². The molecule has 0 spiro atoms. The van der Waals surface area contributed by atoms with Crippen molar-refractivity contribution in [3.05, 3.63) is 29.3 Å². The van der Waals surface area contributed by atoms with Crippen LogP contribution in [0.15, 0.2) is 23.1 Å². The second kappa shape index (κ2) is 9.49. The average Bonchev–Trinajstić information content (AvgIpc) is 2.55. The second-order valence-electron chi connectivity index (χ2n) is 6.02. The number of carbonyl (C=O) groups is 1. The van der Waals surface area contributed by atoms with Crippen LogP contribution in [0.5, 0.6) is 0 Å². The van der Waals surface area contributed by atoms with E-state index in [1.807, 2.05) is 6.92 Å². The molecular weight excluding hydrogens is 366 g/mol. The zero-order chi connectivity index (χ0) is 17.7. The third kappa shape index (κ3) is 5.65. The number of rotatable bonds is 6. The van der Waals surface area contributed by atoms with E-state index in [-0.39, 0.29) is 29.3 Å². The van der Waals surface area contributed by atoms with Crippen molar-refractivity contribution < 1.29 is 17.9 Å². The third-order valence-electron chi connectivity index (χ3n) is 3.92. The number of ether oxygens (including phenoxy) is 1. The van der Waals surface area contributed by atoms with E-state index in [2.05, 4.69) is 5.32 Å². The number of nitrogens with zero attached hydrogens (tertiary/aromatic N) is 1. The van der Waals surface area contributed by atoms with Gasteiger partial charge in [0.25, 0.3) is 5.91 Å². The summed E-state index contributed by atoms with van der Waals surface area (Å²) in [5.74, 6) is -0.297. The van der Waals surface area contributed by atoms with Gasteiger partial charge in [0, 0.05) is 31.2 Å². The molecule has 0 radical (unpaired) electrons. The van der Waals surface area contributed by atoms with E-state index < -0.39 is 10.0 Å². The maximum atomic E-state index is 12.8. The van der Waals surface area contributed by atoms with Crippen LogP contribution < -0.4 is 11.1 Å². The lowest BCUT2D eigenvalue weighted by Crippen LogP contribution is -2.41. The molecule has 1 aliphatic heterocycles. The van der Waals surface area contributed by atoms with Gasteiger partial charge >= 0.3 is 0 Å². The van der Waals surface area contributed by atoms with Crippen molar-refractivity contribution in [2.45, 2.75) is 31.2 Å². The van der Waals surface area contributed by atoms with Gasteiger partial charge in [-0.2, -0.15) is 4.31 Å². The number of nitrogens with one attached hydrogen (secondary N) is 1. The van der Waals surface area contributed by atoms with E-state index in [1.54, 1.807) is 19.1 Å². The third-order valence-corrected chi connectivity index (χ3v) is 5.96. The SMILES string of the molecule is Cc1ccc(C(=O)NCCC(C)N)cc1S(=O)(=O)N1CCOCC1.Cl. The maximum Gasteiger partial charge on any atom is 0.251 e. The molecule has 1 aromatic rings. The van der Waals surface area contributed by atoms with E-state index in [0.717, 1.165) is 0 Å². The minimum absolute atomic E-state index is 0. The number of halogens is 1. The Bertz CT molecular complexity index is 689. The second-order valence-corrected chi connectivity index (χ2v) is 7.92. The molecule has 1 unspecified atom stereocenters. The van der Waals surface area contributed by atoms with Gasteiger partial charge in [-0.3, -0.25) is 4.79 Å². The van der Waals surface area contributed by atoms with Crippen molar-refractivity contribution in [2.75, 3.05) is 32.8 Å². The van der Waals surface area contributed by atoms with Crippen molar-refractivity contribution >= 4 is 28.3 Å². The molecule has 0 aromatic heterocycles. The first-order chi connectivity index (χ1) is 11.3. The van der Waals surface area contributed by atoms with Crippen LogP contribution in [0.3, 0.4) is 0 Å². The van der Waals surface area contributed by atoms with Gasteiger partial charge in [0.1, 0.15) is 0 Å². The average molecular weight is 392 g/mol. The monoisotopic (exact) mass is 391 g/mol. The predicted octanol–water partition coefficient (Wildman–Crippen LogP) is 0.905. The summed E-state index contributed by atoms with van der Waals surface area (Å²) in [6, 6.07) is 4.74. The van der Waals surface area contributed by atoms with Crippen molar-refractivity contribution in [3.63, 3.8) is 0 Å². The van der Waals surface area contributed by atoms with E-state index in [9.17, 15) is 13.2 Å². The summed E-state index contributed by atoms with van der Waals surface area (Å²) in [6.07, 6.45) is 0.663. The zero-order valence-electron chi connectivity index (χ0n) is 14.5. The van der Waals surface area contributed by atoms with Crippen LogP contribution in [0.1, 0.15) is 29.3 Å². The van der Waals surface area contributed by atoms with Gasteiger partial charge in [-0.1, -0.05) is 6.07 Å². The summed E-state index contributed by atoms with van der Waals surface area (Å²) in [7, 11) is -3.63. The van der Waals surface area contributed by atoms with E-state index in [4.69, 9.17) is 10.5 Å². The summed E-state index contributed by atoms with van der Waals surface area (Å²) in [6.45, 7) is 5.47. The molecule has 1 amide bonds. The fourth-order valence-electron chi connectivity index (χ4n) is 2.46. The van der Waals surface area contributed by atoms with E-state index >= 15 is 0 Å². The highest BCUT2D eigenvalue weighted by Gasteiger charge is 2.28. The molecule has 1 heterocycles. The topological polar surface area (TPSA) is 102 Å². The van der Waals surface area contributed by atoms with Crippen molar-refractivity contribution in [1.82, 2.24) is 9.62 Å². The summed E-state index contributed by atoms with van der Waals surface area (Å²) in [5.41, 5.74) is 6.60. The van der Waals surface area contributed by atoms with Crippen LogP contribution in [0, 0.1) is 6.92 Å². The van der Waals surface area contributed by atoms with Crippen LogP contribution in [0.2, 0.25) is 0 Å². The minimum atomic E-state index is -3.63. The van der Waals surface area contributed by atoms with Gasteiger partial charge in [-0.15, -0.1) is 12.4 Å². The first-order valence-corrected chi connectivity index (χ1v) is 9.48. The zero-order valence-corrected chi connectivity index (χ0v) is 16.2. The highest BCUT2D eigenvalue weighted by Crippen LogP contribution is 2.22. The first-order valence-electron chi connectivity index (χ1n) is 8.04. The molecule has 1 atom stereocenters. The molecule has 9 heteroatoms. The van der Waals surface area contributed by atoms with E-state index in [1.165, 1.54) is 10.4 Å². The Morgan fingerprint density at radius 1 is 1.36 bits per heavy atom. The fourth-order valence-corrected chi connectivity index (χ4v) is 4.12. The van der Waals surface area contributed by atoms with Crippen molar-refractivity contribution in [3.8, 4) is 0 Å². The quantitative estimate of drug-likeness (QED) is 0.750. The van der Waals surface area contributed by atoms with Gasteiger partial charge in [-0.25, -0.2) is 8.42 Å². The lowest BCUT2D eigenvalue weighted by atomic mass is 10.1. The highest BCUT2D eigenvalue weighted by molar-refractivity contribution is 7.89. The van der Waals surface area contributed by atoms with Crippen molar-refractivity contribution in [2.24, 2.45) is 5.73 Å². The number of aryl methyl sites for hydroxylation is 1. The normalized spacial score (nSPS) is 16.8. The number of morpholine rings is 1. The molecule has 142 valence electrons. The van der Waals surface area contributed by atoms with Gasteiger partial charge < -0.3 is 15.8 Å². The summed E-state index contributed by atoms with van der Waals surface area (Å²) < 4.78 is 32.2. The Balaban J connectivity index is 0.00000312. The van der Waals surface area contributed by atoms with Crippen molar-refractivity contribution in [1.29, 1.82) is 0 Å². The Labute approximate surface area is 155 Å². The Morgan fingerprint density at radius 2 is 2.00 bits per heavy atom. The molecule has 0 saturated carbocycles. The number of amides is 1. The molecule has 7 nitrogen and oxygen atoms in total. The first kappa shape index (κ1) is 21.9. The Hall–Kier alpha value is -1.19. The molecule has 0 aliphatic carbocycles.